The summed E-state index contributed by atoms with van der Waals surface area (Å²) in [6.45, 7) is 1.89. The lowest BCUT2D eigenvalue weighted by Crippen LogP contribution is -2.48. The highest BCUT2D eigenvalue weighted by Gasteiger charge is 2.52. The van der Waals surface area contributed by atoms with Crippen LogP contribution in [0.4, 0.5) is 4.79 Å². The molecule has 0 radical (unpaired) electrons. The van der Waals surface area contributed by atoms with E-state index in [9.17, 15) is 14.4 Å². The number of hydrogen-bond donors (Lipinski definition) is 2. The van der Waals surface area contributed by atoms with Crippen LogP contribution in [0.3, 0.4) is 0 Å². The van der Waals surface area contributed by atoms with Crippen LogP contribution < -0.4 is 20.2 Å². The number of fused-ring (bicyclic) bond motifs is 1. The van der Waals surface area contributed by atoms with Crippen molar-refractivity contribution in [1.29, 1.82) is 0 Å². The molecular formula is C19H17N3O5. The van der Waals surface area contributed by atoms with Crippen LogP contribution in [0.25, 0.3) is 0 Å². The summed E-state index contributed by atoms with van der Waals surface area (Å²) >= 11 is 0. The first kappa shape index (κ1) is 16.9. The first-order valence-corrected chi connectivity index (χ1v) is 8.48. The van der Waals surface area contributed by atoms with Gasteiger partial charge in [0, 0.05) is 5.56 Å². The minimum atomic E-state index is -1.21. The number of carbonyl (C=O) groups is 3. The van der Waals surface area contributed by atoms with Gasteiger partial charge in [0.05, 0.1) is 0 Å². The molecule has 0 saturated carbocycles. The van der Waals surface area contributed by atoms with E-state index in [1.54, 1.807) is 37.3 Å². The summed E-state index contributed by atoms with van der Waals surface area (Å²) in [5.41, 5.74) is 2.08. The van der Waals surface area contributed by atoms with Crippen LogP contribution in [0.1, 0.15) is 29.3 Å². The standard InChI is InChI=1S/C19H17N3O5/c1-2-19(13-6-4-3-5-7-13)17(24)22(18(25)20-19)21-16(23)12-8-9-14-15(10-12)27-11-26-14/h3-10H,2,11H2,1H3,(H,20,25)(H,21,23)/t19-/m0/s1. The Morgan fingerprint density at radius 2 is 1.89 bits per heavy atom. The van der Waals surface area contributed by atoms with Crippen molar-refractivity contribution >= 4 is 17.8 Å². The van der Waals surface area contributed by atoms with Gasteiger partial charge < -0.3 is 14.8 Å². The van der Waals surface area contributed by atoms with Gasteiger partial charge in [-0.15, -0.1) is 0 Å². The van der Waals surface area contributed by atoms with E-state index in [1.807, 2.05) is 6.07 Å². The van der Waals surface area contributed by atoms with Gasteiger partial charge in [-0.1, -0.05) is 37.3 Å². The van der Waals surface area contributed by atoms with Crippen molar-refractivity contribution in [2.45, 2.75) is 18.9 Å². The third-order valence-electron chi connectivity index (χ3n) is 4.74. The third-order valence-corrected chi connectivity index (χ3v) is 4.74. The van der Waals surface area contributed by atoms with Gasteiger partial charge in [-0.2, -0.15) is 5.01 Å². The molecule has 2 N–H and O–H groups in total. The minimum Gasteiger partial charge on any atom is -0.454 e. The average Bonchev–Trinajstić information content (AvgIpc) is 3.26. The number of ether oxygens (including phenoxy) is 2. The summed E-state index contributed by atoms with van der Waals surface area (Å²) < 4.78 is 10.5. The number of carbonyl (C=O) groups excluding carboxylic acids is 3. The highest BCUT2D eigenvalue weighted by atomic mass is 16.7. The minimum absolute atomic E-state index is 0.0868. The Labute approximate surface area is 155 Å². The zero-order valence-electron chi connectivity index (χ0n) is 14.5. The molecule has 4 amide bonds. The van der Waals surface area contributed by atoms with Crippen molar-refractivity contribution in [2.75, 3.05) is 6.79 Å². The number of imide groups is 1. The second kappa shape index (κ2) is 6.31. The molecule has 1 saturated heterocycles. The number of urea groups is 1. The van der Waals surface area contributed by atoms with E-state index in [0.29, 0.717) is 23.5 Å². The maximum atomic E-state index is 13.0. The number of nitrogens with zero attached hydrogens (tertiary/aromatic N) is 1. The third kappa shape index (κ3) is 2.66. The lowest BCUT2D eigenvalue weighted by Gasteiger charge is -2.25. The van der Waals surface area contributed by atoms with Gasteiger partial charge in [0.25, 0.3) is 11.8 Å². The highest BCUT2D eigenvalue weighted by Crippen LogP contribution is 2.33. The summed E-state index contributed by atoms with van der Waals surface area (Å²) in [4.78, 5) is 38.0. The van der Waals surface area contributed by atoms with E-state index in [2.05, 4.69) is 10.7 Å². The number of amides is 4. The Bertz CT molecular complexity index is 930. The van der Waals surface area contributed by atoms with Gasteiger partial charge in [0.2, 0.25) is 6.79 Å². The molecule has 8 nitrogen and oxygen atoms in total. The molecule has 2 aliphatic heterocycles. The second-order valence-electron chi connectivity index (χ2n) is 6.20. The molecule has 2 heterocycles. The Kier molecular flexibility index (Phi) is 3.95. The maximum absolute atomic E-state index is 13.0. The monoisotopic (exact) mass is 367 g/mol. The SMILES string of the molecule is CC[C@@]1(c2ccccc2)NC(=O)N(NC(=O)c2ccc3c(c2)OCO3)C1=O. The molecule has 4 rings (SSSR count). The van der Waals surface area contributed by atoms with Gasteiger partial charge >= 0.3 is 6.03 Å². The lowest BCUT2D eigenvalue weighted by molar-refractivity contribution is -0.133. The van der Waals surface area contributed by atoms with Crippen LogP contribution in [0.2, 0.25) is 0 Å². The second-order valence-corrected chi connectivity index (χ2v) is 6.20. The van der Waals surface area contributed by atoms with Crippen molar-refractivity contribution in [3.63, 3.8) is 0 Å². The van der Waals surface area contributed by atoms with Crippen molar-refractivity contribution in [3.05, 3.63) is 59.7 Å². The molecule has 27 heavy (non-hydrogen) atoms. The largest absolute Gasteiger partial charge is 0.454 e. The van der Waals surface area contributed by atoms with E-state index in [4.69, 9.17) is 9.47 Å². The van der Waals surface area contributed by atoms with Crippen molar-refractivity contribution in [2.24, 2.45) is 0 Å². The fourth-order valence-electron chi connectivity index (χ4n) is 3.24. The van der Waals surface area contributed by atoms with Gasteiger partial charge in [-0.3, -0.25) is 15.0 Å². The van der Waals surface area contributed by atoms with Crippen LogP contribution in [0, 0.1) is 0 Å². The van der Waals surface area contributed by atoms with Crippen LogP contribution in [0.15, 0.2) is 48.5 Å². The van der Waals surface area contributed by atoms with Crippen LogP contribution in [0.5, 0.6) is 11.5 Å². The number of nitrogens with one attached hydrogen (secondary N) is 2. The van der Waals surface area contributed by atoms with Gasteiger partial charge in [-0.05, 0) is 30.2 Å². The Morgan fingerprint density at radius 3 is 2.63 bits per heavy atom. The van der Waals surface area contributed by atoms with Crippen LogP contribution >= 0.6 is 0 Å². The predicted octanol–water partition coefficient (Wildman–Crippen LogP) is 1.92. The van der Waals surface area contributed by atoms with Crippen molar-refractivity contribution in [3.8, 4) is 11.5 Å². The van der Waals surface area contributed by atoms with Crippen LogP contribution in [-0.4, -0.2) is 29.6 Å². The molecular weight excluding hydrogens is 350 g/mol. The molecule has 0 unspecified atom stereocenters. The molecule has 0 spiro atoms. The van der Waals surface area contributed by atoms with Gasteiger partial charge in [0.1, 0.15) is 5.54 Å². The van der Waals surface area contributed by atoms with Gasteiger partial charge in [-0.25, -0.2) is 4.79 Å². The first-order valence-electron chi connectivity index (χ1n) is 8.48. The highest BCUT2D eigenvalue weighted by molar-refractivity contribution is 6.09. The lowest BCUT2D eigenvalue weighted by atomic mass is 9.87. The Morgan fingerprint density at radius 1 is 1.15 bits per heavy atom. The Hall–Kier alpha value is -3.55. The van der Waals surface area contributed by atoms with Gasteiger partial charge in [0.15, 0.2) is 11.5 Å². The van der Waals surface area contributed by atoms with Crippen molar-refractivity contribution < 1.29 is 23.9 Å². The number of rotatable bonds is 4. The summed E-state index contributed by atoms with van der Waals surface area (Å²) in [6.07, 6.45) is 0.345. The van der Waals surface area contributed by atoms with E-state index >= 15 is 0 Å². The topological polar surface area (TPSA) is 97.0 Å². The van der Waals surface area contributed by atoms with E-state index in [1.165, 1.54) is 12.1 Å². The molecule has 0 aliphatic carbocycles. The fourth-order valence-corrected chi connectivity index (χ4v) is 3.24. The molecule has 2 aromatic rings. The van der Waals surface area contributed by atoms with Crippen LogP contribution in [-0.2, 0) is 10.3 Å². The molecule has 1 atom stereocenters. The zero-order chi connectivity index (χ0) is 19.0. The Balaban J connectivity index is 1.58. The zero-order valence-corrected chi connectivity index (χ0v) is 14.5. The normalized spacial score (nSPS) is 20.6. The maximum Gasteiger partial charge on any atom is 0.344 e. The molecule has 1 fully saturated rings. The number of benzene rings is 2. The molecule has 0 bridgehead atoms. The molecule has 2 aromatic carbocycles. The first-order chi connectivity index (χ1) is 13.0. The molecule has 8 heteroatoms. The summed E-state index contributed by atoms with van der Waals surface area (Å²) in [5, 5.41) is 3.44. The van der Waals surface area contributed by atoms with E-state index < -0.39 is 23.4 Å². The quantitative estimate of drug-likeness (QED) is 0.805. The van der Waals surface area contributed by atoms with E-state index in [0.717, 1.165) is 5.01 Å². The van der Waals surface area contributed by atoms with E-state index in [-0.39, 0.29) is 12.4 Å². The smallest absolute Gasteiger partial charge is 0.344 e. The number of hydrogen-bond acceptors (Lipinski definition) is 5. The summed E-state index contributed by atoms with van der Waals surface area (Å²) in [6, 6.07) is 12.9. The summed E-state index contributed by atoms with van der Waals surface area (Å²) in [7, 11) is 0. The number of hydrazine groups is 1. The molecule has 2 aliphatic rings. The molecule has 0 aromatic heterocycles. The van der Waals surface area contributed by atoms with Crippen molar-refractivity contribution in [1.82, 2.24) is 15.8 Å². The molecule has 138 valence electrons. The predicted molar refractivity (Wildman–Crippen MR) is 93.8 cm³/mol. The average molecular weight is 367 g/mol. The summed E-state index contributed by atoms with van der Waals surface area (Å²) in [5.74, 6) is -0.158. The fraction of sp³-hybridized carbons (Fsp3) is 0.211.